The van der Waals surface area contributed by atoms with Gasteiger partial charge in [-0.15, -0.1) is 0 Å². The molecule has 0 aliphatic carbocycles. The number of hydrogen-bond donors (Lipinski definition) is 0. The normalized spacial score (nSPS) is 12.2. The predicted molar refractivity (Wildman–Crippen MR) is 68.3 cm³/mol. The average molecular weight is 224 g/mol. The molecule has 1 rings (SSSR count). The third-order valence-electron chi connectivity index (χ3n) is 2.69. The molecule has 0 atom stereocenters. The van der Waals surface area contributed by atoms with E-state index in [2.05, 4.69) is 25.8 Å². The highest BCUT2D eigenvalue weighted by molar-refractivity contribution is 6.30. The Morgan fingerprint density at radius 1 is 1.33 bits per heavy atom. The van der Waals surface area contributed by atoms with E-state index < -0.39 is 0 Å². The average Bonchev–Trinajstić information content (AvgIpc) is 2.19. The van der Waals surface area contributed by atoms with Gasteiger partial charge in [-0.3, -0.25) is 4.99 Å². The smallest absolute Gasteiger partial charge is 0.0643 e. The largest absolute Gasteiger partial charge is 0.258 e. The van der Waals surface area contributed by atoms with Crippen molar-refractivity contribution >= 4 is 23.0 Å². The van der Waals surface area contributed by atoms with Crippen LogP contribution in [0.1, 0.15) is 33.6 Å². The van der Waals surface area contributed by atoms with Gasteiger partial charge in [0.2, 0.25) is 0 Å². The Morgan fingerprint density at radius 3 is 2.53 bits per heavy atom. The van der Waals surface area contributed by atoms with Crippen LogP contribution in [-0.4, -0.2) is 5.71 Å². The highest BCUT2D eigenvalue weighted by Gasteiger charge is 2.06. The Balaban J connectivity index is 2.86. The molecule has 15 heavy (non-hydrogen) atoms. The number of aliphatic imine (C=N–C) groups is 1. The zero-order valence-electron chi connectivity index (χ0n) is 9.63. The molecule has 0 saturated heterocycles. The van der Waals surface area contributed by atoms with Gasteiger partial charge in [-0.25, -0.2) is 0 Å². The maximum atomic E-state index is 5.91. The van der Waals surface area contributed by atoms with E-state index in [1.807, 2.05) is 24.3 Å². The Labute approximate surface area is 97.2 Å². The maximum absolute atomic E-state index is 5.91. The van der Waals surface area contributed by atoms with Gasteiger partial charge in [0.25, 0.3) is 0 Å². The van der Waals surface area contributed by atoms with Crippen LogP contribution < -0.4 is 0 Å². The first kappa shape index (κ1) is 12.3. The van der Waals surface area contributed by atoms with Gasteiger partial charge in [-0.2, -0.15) is 0 Å². The SMILES string of the molecule is CCC(CC)/C(C)=N/c1cccc(Cl)c1. The van der Waals surface area contributed by atoms with Crippen LogP contribution in [-0.2, 0) is 0 Å². The molecule has 0 unspecified atom stereocenters. The van der Waals surface area contributed by atoms with Crippen LogP contribution in [0, 0.1) is 5.92 Å². The van der Waals surface area contributed by atoms with Gasteiger partial charge in [0.1, 0.15) is 0 Å². The number of rotatable bonds is 4. The summed E-state index contributed by atoms with van der Waals surface area (Å²) in [6.07, 6.45) is 2.29. The molecular formula is C13H18ClN. The summed E-state index contributed by atoms with van der Waals surface area (Å²) in [7, 11) is 0. The molecule has 0 bridgehead atoms. The summed E-state index contributed by atoms with van der Waals surface area (Å²) < 4.78 is 0. The van der Waals surface area contributed by atoms with Gasteiger partial charge in [0, 0.05) is 10.7 Å². The molecule has 82 valence electrons. The highest BCUT2D eigenvalue weighted by Crippen LogP contribution is 2.20. The van der Waals surface area contributed by atoms with Crippen LogP contribution in [0.5, 0.6) is 0 Å². The molecule has 1 aromatic carbocycles. The van der Waals surface area contributed by atoms with Gasteiger partial charge in [-0.05, 0) is 43.9 Å². The van der Waals surface area contributed by atoms with E-state index in [0.717, 1.165) is 23.6 Å². The molecule has 0 fully saturated rings. The van der Waals surface area contributed by atoms with E-state index in [1.165, 1.54) is 5.71 Å². The van der Waals surface area contributed by atoms with Crippen molar-refractivity contribution in [1.82, 2.24) is 0 Å². The van der Waals surface area contributed by atoms with Crippen molar-refractivity contribution in [1.29, 1.82) is 0 Å². The molecule has 1 nitrogen and oxygen atoms in total. The highest BCUT2D eigenvalue weighted by atomic mass is 35.5. The summed E-state index contributed by atoms with van der Waals surface area (Å²) in [4.78, 5) is 4.59. The van der Waals surface area contributed by atoms with Crippen molar-refractivity contribution < 1.29 is 0 Å². The minimum atomic E-state index is 0.587. The van der Waals surface area contributed by atoms with Crippen molar-refractivity contribution in [2.75, 3.05) is 0 Å². The van der Waals surface area contributed by atoms with Crippen LogP contribution in [0.15, 0.2) is 29.3 Å². The molecule has 0 saturated carbocycles. The molecule has 0 heterocycles. The Bertz CT molecular complexity index is 340. The van der Waals surface area contributed by atoms with Gasteiger partial charge in [-0.1, -0.05) is 31.5 Å². The fourth-order valence-corrected chi connectivity index (χ4v) is 1.90. The molecule has 0 aliphatic heterocycles. The van der Waals surface area contributed by atoms with E-state index in [1.54, 1.807) is 0 Å². The summed E-state index contributed by atoms with van der Waals surface area (Å²) in [5.74, 6) is 0.587. The molecule has 1 aromatic rings. The molecular weight excluding hydrogens is 206 g/mol. The molecule has 0 N–H and O–H groups in total. The topological polar surface area (TPSA) is 12.4 Å². The lowest BCUT2D eigenvalue weighted by Gasteiger charge is -2.11. The number of hydrogen-bond acceptors (Lipinski definition) is 1. The molecule has 0 radical (unpaired) electrons. The van der Waals surface area contributed by atoms with E-state index in [4.69, 9.17) is 11.6 Å². The lowest BCUT2D eigenvalue weighted by atomic mass is 9.98. The third-order valence-corrected chi connectivity index (χ3v) is 2.93. The van der Waals surface area contributed by atoms with Crippen LogP contribution in [0.4, 0.5) is 5.69 Å². The first-order chi connectivity index (χ1) is 7.17. The molecule has 0 aliphatic rings. The number of benzene rings is 1. The van der Waals surface area contributed by atoms with Gasteiger partial charge in [0.05, 0.1) is 5.69 Å². The van der Waals surface area contributed by atoms with Crippen LogP contribution in [0.3, 0.4) is 0 Å². The first-order valence-electron chi connectivity index (χ1n) is 5.48. The summed E-state index contributed by atoms with van der Waals surface area (Å²) in [5.41, 5.74) is 2.15. The maximum Gasteiger partial charge on any atom is 0.0643 e. The standard InChI is InChI=1S/C13H18ClN/c1-4-11(5-2)10(3)15-13-8-6-7-12(14)9-13/h6-9,11H,4-5H2,1-3H3/b15-10+. The van der Waals surface area contributed by atoms with Crippen LogP contribution in [0.25, 0.3) is 0 Å². The first-order valence-corrected chi connectivity index (χ1v) is 5.85. The number of halogens is 1. The van der Waals surface area contributed by atoms with E-state index in [-0.39, 0.29) is 0 Å². The fourth-order valence-electron chi connectivity index (χ4n) is 1.72. The summed E-state index contributed by atoms with van der Waals surface area (Å²) in [5, 5.41) is 0.744. The van der Waals surface area contributed by atoms with Crippen molar-refractivity contribution in [2.45, 2.75) is 33.6 Å². The Kier molecular flexibility index (Phi) is 4.83. The summed E-state index contributed by atoms with van der Waals surface area (Å²) >= 11 is 5.91. The predicted octanol–water partition coefficient (Wildman–Crippen LogP) is 4.87. The zero-order chi connectivity index (χ0) is 11.3. The van der Waals surface area contributed by atoms with Crippen LogP contribution >= 0.6 is 11.6 Å². The second-order valence-electron chi connectivity index (χ2n) is 3.75. The quantitative estimate of drug-likeness (QED) is 0.646. The lowest BCUT2D eigenvalue weighted by molar-refractivity contribution is 0.640. The van der Waals surface area contributed by atoms with Crippen molar-refractivity contribution in [3.63, 3.8) is 0 Å². The van der Waals surface area contributed by atoms with Gasteiger partial charge >= 0.3 is 0 Å². The van der Waals surface area contributed by atoms with Gasteiger partial charge < -0.3 is 0 Å². The molecule has 0 aromatic heterocycles. The van der Waals surface area contributed by atoms with E-state index in [0.29, 0.717) is 5.92 Å². The monoisotopic (exact) mass is 223 g/mol. The third kappa shape index (κ3) is 3.67. The Morgan fingerprint density at radius 2 is 2.00 bits per heavy atom. The van der Waals surface area contributed by atoms with Gasteiger partial charge in [0.15, 0.2) is 0 Å². The molecule has 2 heteroatoms. The molecule has 0 amide bonds. The number of nitrogens with zero attached hydrogens (tertiary/aromatic N) is 1. The van der Waals surface area contributed by atoms with Crippen molar-refractivity contribution in [3.05, 3.63) is 29.3 Å². The summed E-state index contributed by atoms with van der Waals surface area (Å²) in [6, 6.07) is 7.68. The second-order valence-corrected chi connectivity index (χ2v) is 4.18. The summed E-state index contributed by atoms with van der Waals surface area (Å²) in [6.45, 7) is 6.49. The van der Waals surface area contributed by atoms with Crippen molar-refractivity contribution in [3.8, 4) is 0 Å². The van der Waals surface area contributed by atoms with Crippen molar-refractivity contribution in [2.24, 2.45) is 10.9 Å². The minimum absolute atomic E-state index is 0.587. The van der Waals surface area contributed by atoms with E-state index >= 15 is 0 Å². The fraction of sp³-hybridized carbons (Fsp3) is 0.462. The lowest BCUT2D eigenvalue weighted by Crippen LogP contribution is -2.08. The van der Waals surface area contributed by atoms with Crippen LogP contribution in [0.2, 0.25) is 5.02 Å². The second kappa shape index (κ2) is 5.92. The zero-order valence-corrected chi connectivity index (χ0v) is 10.4. The Hall–Kier alpha value is -0.820. The van der Waals surface area contributed by atoms with E-state index in [9.17, 15) is 0 Å². The minimum Gasteiger partial charge on any atom is -0.258 e. The molecule has 0 spiro atoms.